The van der Waals surface area contributed by atoms with Crippen LogP contribution in [0.4, 0.5) is 0 Å². The first-order chi connectivity index (χ1) is 19.5. The summed E-state index contributed by atoms with van der Waals surface area (Å²) >= 11 is 1.31. The summed E-state index contributed by atoms with van der Waals surface area (Å²) in [6, 6.07) is 33.9. The summed E-state index contributed by atoms with van der Waals surface area (Å²) in [7, 11) is 0. The van der Waals surface area contributed by atoms with Crippen molar-refractivity contribution in [1.82, 2.24) is 20.2 Å². The lowest BCUT2D eigenvalue weighted by Gasteiger charge is -2.11. The largest absolute Gasteiger partial charge is 0.489 e. The first kappa shape index (κ1) is 26.9. The van der Waals surface area contributed by atoms with Crippen LogP contribution < -0.4 is 10.2 Å². The van der Waals surface area contributed by atoms with Crippen molar-refractivity contribution < 1.29 is 9.53 Å². The van der Waals surface area contributed by atoms with Crippen molar-refractivity contribution in [2.75, 3.05) is 5.75 Å². The van der Waals surface area contributed by atoms with Crippen LogP contribution in [0, 0.1) is 13.8 Å². The molecule has 0 aliphatic heterocycles. The van der Waals surface area contributed by atoms with Gasteiger partial charge in [0.25, 0.3) is 5.91 Å². The lowest BCUT2D eigenvalue weighted by Crippen LogP contribution is -2.20. The topological polar surface area (TPSA) is 81.4 Å². The zero-order valence-electron chi connectivity index (χ0n) is 22.3. The monoisotopic (exact) mass is 547 g/mol. The Morgan fingerprint density at radius 2 is 1.55 bits per heavy atom. The van der Waals surface area contributed by atoms with Crippen LogP contribution in [0.1, 0.15) is 22.3 Å². The molecule has 8 heteroatoms. The molecule has 0 saturated heterocycles. The van der Waals surface area contributed by atoms with Crippen molar-refractivity contribution in [1.29, 1.82) is 0 Å². The third kappa shape index (κ3) is 7.03. The Morgan fingerprint density at radius 1 is 0.875 bits per heavy atom. The molecule has 0 fully saturated rings. The Kier molecular flexibility index (Phi) is 8.68. The Morgan fingerprint density at radius 3 is 2.25 bits per heavy atom. The quantitative estimate of drug-likeness (QED) is 0.125. The SMILES string of the molecule is Cc1ccc(-c2nnc(SCC(=O)NN=Cc3ccc(OCc4ccccc4)cc3)n2-c2ccc(C)cc2)cc1. The van der Waals surface area contributed by atoms with Crippen molar-refractivity contribution in [3.63, 3.8) is 0 Å². The fourth-order valence-corrected chi connectivity index (χ4v) is 4.66. The van der Waals surface area contributed by atoms with E-state index in [1.54, 1.807) is 6.21 Å². The molecule has 1 heterocycles. The summed E-state index contributed by atoms with van der Waals surface area (Å²) in [6.07, 6.45) is 1.61. The van der Waals surface area contributed by atoms with E-state index in [-0.39, 0.29) is 11.7 Å². The third-order valence-electron chi connectivity index (χ3n) is 6.10. The molecule has 0 spiro atoms. The van der Waals surface area contributed by atoms with Crippen molar-refractivity contribution in [3.05, 3.63) is 125 Å². The number of ether oxygens (including phenoxy) is 1. The average molecular weight is 548 g/mol. The molecule has 0 radical (unpaired) electrons. The van der Waals surface area contributed by atoms with Gasteiger partial charge in [-0.2, -0.15) is 5.10 Å². The van der Waals surface area contributed by atoms with E-state index in [0.29, 0.717) is 11.8 Å². The molecule has 0 aliphatic rings. The highest BCUT2D eigenvalue weighted by Crippen LogP contribution is 2.28. The first-order valence-corrected chi connectivity index (χ1v) is 13.8. The van der Waals surface area contributed by atoms with Gasteiger partial charge in [0.15, 0.2) is 11.0 Å². The number of aryl methyl sites for hydroxylation is 2. The molecule has 0 aliphatic carbocycles. The number of nitrogens with one attached hydrogen (secondary N) is 1. The maximum atomic E-state index is 12.6. The lowest BCUT2D eigenvalue weighted by molar-refractivity contribution is -0.118. The van der Waals surface area contributed by atoms with E-state index >= 15 is 0 Å². The van der Waals surface area contributed by atoms with E-state index < -0.39 is 0 Å². The van der Waals surface area contributed by atoms with E-state index in [1.807, 2.05) is 122 Å². The van der Waals surface area contributed by atoms with Gasteiger partial charge in [0.05, 0.1) is 12.0 Å². The number of rotatable bonds is 10. The van der Waals surface area contributed by atoms with Crippen molar-refractivity contribution in [2.24, 2.45) is 5.10 Å². The average Bonchev–Trinajstić information content (AvgIpc) is 3.41. The number of hydrogen-bond donors (Lipinski definition) is 1. The normalized spacial score (nSPS) is 11.1. The molecule has 0 unspecified atom stereocenters. The Hall–Kier alpha value is -4.69. The lowest BCUT2D eigenvalue weighted by atomic mass is 10.1. The van der Waals surface area contributed by atoms with Gasteiger partial charge < -0.3 is 4.74 Å². The standard InChI is InChI=1S/C32H29N5O2S/c1-23-8-14-27(15-9-23)31-35-36-32(37(31)28-16-10-24(2)11-17-28)40-22-30(38)34-33-20-25-12-18-29(19-13-25)39-21-26-6-4-3-5-7-26/h3-20H,21-22H2,1-2H3,(H,34,38). The third-order valence-corrected chi connectivity index (χ3v) is 7.03. The van der Waals surface area contributed by atoms with Gasteiger partial charge >= 0.3 is 0 Å². The summed E-state index contributed by atoms with van der Waals surface area (Å²) < 4.78 is 7.80. The molecule has 4 aromatic carbocycles. The van der Waals surface area contributed by atoms with Gasteiger partial charge in [0.2, 0.25) is 0 Å². The Labute approximate surface area is 237 Å². The smallest absolute Gasteiger partial charge is 0.250 e. The van der Waals surface area contributed by atoms with Crippen LogP contribution in [0.15, 0.2) is 113 Å². The minimum Gasteiger partial charge on any atom is -0.489 e. The van der Waals surface area contributed by atoms with Crippen LogP contribution in [0.3, 0.4) is 0 Å². The zero-order chi connectivity index (χ0) is 27.7. The van der Waals surface area contributed by atoms with Gasteiger partial charge in [-0.15, -0.1) is 10.2 Å². The number of aromatic nitrogens is 3. The highest BCUT2D eigenvalue weighted by molar-refractivity contribution is 7.99. The predicted molar refractivity (Wildman–Crippen MR) is 160 cm³/mol. The second kappa shape index (κ2) is 12.9. The van der Waals surface area contributed by atoms with E-state index in [4.69, 9.17) is 4.74 Å². The number of carbonyl (C=O) groups is 1. The second-order valence-corrected chi connectivity index (χ2v) is 10.2. The Bertz CT molecular complexity index is 1580. The van der Waals surface area contributed by atoms with Crippen LogP contribution >= 0.6 is 11.8 Å². The molecule has 40 heavy (non-hydrogen) atoms. The van der Waals surface area contributed by atoms with Gasteiger partial charge in [-0.1, -0.05) is 89.6 Å². The number of carbonyl (C=O) groups excluding carboxylic acids is 1. The maximum absolute atomic E-state index is 12.6. The van der Waals surface area contributed by atoms with Crippen LogP contribution in [0.2, 0.25) is 0 Å². The predicted octanol–water partition coefficient (Wildman–Crippen LogP) is 6.37. The summed E-state index contributed by atoms with van der Waals surface area (Å²) in [5.41, 5.74) is 8.77. The molecule has 5 aromatic rings. The van der Waals surface area contributed by atoms with E-state index in [9.17, 15) is 4.79 Å². The van der Waals surface area contributed by atoms with Crippen molar-refractivity contribution >= 4 is 23.9 Å². The Balaban J connectivity index is 1.19. The maximum Gasteiger partial charge on any atom is 0.250 e. The number of benzene rings is 4. The molecule has 7 nitrogen and oxygen atoms in total. The molecule has 1 aromatic heterocycles. The minimum absolute atomic E-state index is 0.140. The van der Waals surface area contributed by atoms with Crippen molar-refractivity contribution in [3.8, 4) is 22.8 Å². The van der Waals surface area contributed by atoms with E-state index in [1.165, 1.54) is 17.3 Å². The number of hydrogen-bond acceptors (Lipinski definition) is 6. The van der Waals surface area contributed by atoms with Crippen molar-refractivity contribution in [2.45, 2.75) is 25.6 Å². The van der Waals surface area contributed by atoms with Gasteiger partial charge in [-0.3, -0.25) is 9.36 Å². The zero-order valence-corrected chi connectivity index (χ0v) is 23.1. The number of hydrazone groups is 1. The molecule has 1 N–H and O–H groups in total. The fraction of sp³-hybridized carbons (Fsp3) is 0.125. The summed E-state index contributed by atoms with van der Waals surface area (Å²) in [5.74, 6) is 1.39. The highest BCUT2D eigenvalue weighted by Gasteiger charge is 2.17. The van der Waals surface area contributed by atoms with E-state index in [2.05, 4.69) is 20.7 Å². The summed E-state index contributed by atoms with van der Waals surface area (Å²) in [4.78, 5) is 12.6. The van der Waals surface area contributed by atoms with Gasteiger partial charge in [0, 0.05) is 11.3 Å². The minimum atomic E-state index is -0.237. The van der Waals surface area contributed by atoms with Crippen LogP contribution in [-0.4, -0.2) is 32.6 Å². The van der Waals surface area contributed by atoms with Crippen LogP contribution in [0.5, 0.6) is 5.75 Å². The summed E-state index contributed by atoms with van der Waals surface area (Å²) in [6.45, 7) is 4.60. The number of nitrogens with zero attached hydrogens (tertiary/aromatic N) is 4. The van der Waals surface area contributed by atoms with Gasteiger partial charge in [0.1, 0.15) is 12.4 Å². The molecule has 0 bridgehead atoms. The molecular formula is C32H29N5O2S. The van der Waals surface area contributed by atoms with E-state index in [0.717, 1.165) is 39.5 Å². The first-order valence-electron chi connectivity index (χ1n) is 12.9. The van der Waals surface area contributed by atoms with Gasteiger partial charge in [-0.25, -0.2) is 5.43 Å². The van der Waals surface area contributed by atoms with Crippen LogP contribution in [0.25, 0.3) is 17.1 Å². The molecule has 0 saturated carbocycles. The second-order valence-electron chi connectivity index (χ2n) is 9.27. The number of amides is 1. The molecule has 0 atom stereocenters. The molecule has 1 amide bonds. The number of thioether (sulfide) groups is 1. The highest BCUT2D eigenvalue weighted by atomic mass is 32.2. The molecular weight excluding hydrogens is 518 g/mol. The fourth-order valence-electron chi connectivity index (χ4n) is 3.91. The van der Waals surface area contributed by atoms with Crippen LogP contribution in [-0.2, 0) is 11.4 Å². The summed E-state index contributed by atoms with van der Waals surface area (Å²) in [5, 5.41) is 13.6. The van der Waals surface area contributed by atoms with Gasteiger partial charge in [-0.05, 0) is 61.4 Å². The molecule has 200 valence electrons. The molecule has 5 rings (SSSR count).